The topological polar surface area (TPSA) is 89.4 Å². The normalized spacial score (nSPS) is 10.0. The van der Waals surface area contributed by atoms with Crippen molar-refractivity contribution >= 4 is 11.4 Å². The van der Waals surface area contributed by atoms with Crippen LogP contribution in [0.15, 0.2) is 6.07 Å². The summed E-state index contributed by atoms with van der Waals surface area (Å²) in [5, 5.41) is 19.9. The maximum Gasteiger partial charge on any atom is 0.298 e. The van der Waals surface area contributed by atoms with Gasteiger partial charge in [-0.2, -0.15) is 0 Å². The molecule has 3 N–H and O–H groups in total. The van der Waals surface area contributed by atoms with Crippen LogP contribution < -0.4 is 5.73 Å². The summed E-state index contributed by atoms with van der Waals surface area (Å²) in [5.74, 6) is -0.0686. The Hall–Kier alpha value is -1.78. The smallest absolute Gasteiger partial charge is 0.298 e. The molecule has 0 aliphatic heterocycles. The molecular formula is C8H10N2O3. The van der Waals surface area contributed by atoms with Crippen molar-refractivity contribution < 1.29 is 10.0 Å². The Morgan fingerprint density at radius 2 is 2.08 bits per heavy atom. The minimum absolute atomic E-state index is 0.0686. The van der Waals surface area contributed by atoms with Crippen LogP contribution in [0.5, 0.6) is 5.75 Å². The van der Waals surface area contributed by atoms with Gasteiger partial charge in [-0.15, -0.1) is 0 Å². The van der Waals surface area contributed by atoms with Crippen LogP contribution in [-0.4, -0.2) is 10.0 Å². The number of hydrogen-bond donors (Lipinski definition) is 2. The Balaban J connectivity index is 3.53. The summed E-state index contributed by atoms with van der Waals surface area (Å²) in [6.07, 6.45) is 0. The lowest BCUT2D eigenvalue weighted by molar-refractivity contribution is -0.384. The minimum Gasteiger partial charge on any atom is -0.507 e. The molecule has 0 spiro atoms. The summed E-state index contributed by atoms with van der Waals surface area (Å²) in [6, 6.07) is 1.39. The number of benzene rings is 1. The molecule has 0 saturated carbocycles. The standard InChI is InChI=1S/C8H10N2O3/c1-4-3-6(9)7(10(12)13)5(2)8(4)11/h3,11H,9H2,1-2H3. The van der Waals surface area contributed by atoms with E-state index in [9.17, 15) is 15.2 Å². The van der Waals surface area contributed by atoms with Gasteiger partial charge in [-0.3, -0.25) is 10.1 Å². The lowest BCUT2D eigenvalue weighted by Crippen LogP contribution is -1.99. The van der Waals surface area contributed by atoms with Crippen molar-refractivity contribution in [3.8, 4) is 5.75 Å². The van der Waals surface area contributed by atoms with E-state index >= 15 is 0 Å². The summed E-state index contributed by atoms with van der Waals surface area (Å²) in [6.45, 7) is 3.11. The zero-order valence-corrected chi connectivity index (χ0v) is 7.37. The number of phenolic OH excluding ortho intramolecular Hbond substituents is 1. The van der Waals surface area contributed by atoms with E-state index in [1.807, 2.05) is 0 Å². The number of nitro groups is 1. The highest BCUT2D eigenvalue weighted by Crippen LogP contribution is 2.34. The van der Waals surface area contributed by atoms with E-state index in [0.717, 1.165) is 0 Å². The van der Waals surface area contributed by atoms with E-state index in [1.54, 1.807) is 6.92 Å². The number of aryl methyl sites for hydroxylation is 1. The maximum atomic E-state index is 10.5. The fourth-order valence-electron chi connectivity index (χ4n) is 1.24. The highest BCUT2D eigenvalue weighted by Gasteiger charge is 2.19. The molecule has 0 radical (unpaired) electrons. The molecule has 0 bridgehead atoms. The molecule has 0 atom stereocenters. The molecule has 5 nitrogen and oxygen atoms in total. The van der Waals surface area contributed by atoms with Crippen LogP contribution in [0.3, 0.4) is 0 Å². The number of phenols is 1. The first-order valence-corrected chi connectivity index (χ1v) is 3.68. The Bertz CT molecular complexity index is 374. The molecule has 0 fully saturated rings. The second-order valence-electron chi connectivity index (χ2n) is 2.86. The first-order valence-electron chi connectivity index (χ1n) is 3.68. The molecule has 0 aliphatic carbocycles. The third-order valence-electron chi connectivity index (χ3n) is 1.91. The molecule has 70 valence electrons. The predicted molar refractivity (Wildman–Crippen MR) is 48.6 cm³/mol. The number of nitro benzene ring substituents is 1. The number of hydrogen-bond acceptors (Lipinski definition) is 4. The molecule has 0 aromatic heterocycles. The van der Waals surface area contributed by atoms with Crippen molar-refractivity contribution in [2.24, 2.45) is 0 Å². The van der Waals surface area contributed by atoms with Crippen LogP contribution in [0, 0.1) is 24.0 Å². The molecular weight excluding hydrogens is 172 g/mol. The number of nitrogens with zero attached hydrogens (tertiary/aromatic N) is 1. The van der Waals surface area contributed by atoms with Crippen molar-refractivity contribution in [1.29, 1.82) is 0 Å². The van der Waals surface area contributed by atoms with Gasteiger partial charge < -0.3 is 10.8 Å². The first kappa shape index (κ1) is 9.31. The molecule has 0 amide bonds. The van der Waals surface area contributed by atoms with Crippen LogP contribution in [0.1, 0.15) is 11.1 Å². The van der Waals surface area contributed by atoms with Gasteiger partial charge in [-0.1, -0.05) is 0 Å². The van der Waals surface area contributed by atoms with E-state index < -0.39 is 4.92 Å². The average Bonchev–Trinajstić information content (AvgIpc) is 1.99. The van der Waals surface area contributed by atoms with Crippen LogP contribution in [-0.2, 0) is 0 Å². The summed E-state index contributed by atoms with van der Waals surface area (Å²) in [7, 11) is 0. The van der Waals surface area contributed by atoms with Crippen molar-refractivity contribution in [1.82, 2.24) is 0 Å². The predicted octanol–water partition coefficient (Wildman–Crippen LogP) is 1.50. The molecule has 13 heavy (non-hydrogen) atoms. The van der Waals surface area contributed by atoms with Gasteiger partial charge >= 0.3 is 0 Å². The number of rotatable bonds is 1. The fraction of sp³-hybridized carbons (Fsp3) is 0.250. The van der Waals surface area contributed by atoms with Crippen molar-refractivity contribution in [2.45, 2.75) is 13.8 Å². The highest BCUT2D eigenvalue weighted by molar-refractivity contribution is 5.68. The fourth-order valence-corrected chi connectivity index (χ4v) is 1.24. The van der Waals surface area contributed by atoms with E-state index in [0.29, 0.717) is 5.56 Å². The van der Waals surface area contributed by atoms with Gasteiger partial charge in [0, 0.05) is 0 Å². The van der Waals surface area contributed by atoms with E-state index in [2.05, 4.69) is 0 Å². The van der Waals surface area contributed by atoms with Crippen molar-refractivity contribution in [2.75, 3.05) is 5.73 Å². The molecule has 0 heterocycles. The van der Waals surface area contributed by atoms with Gasteiger partial charge in [0.2, 0.25) is 0 Å². The average molecular weight is 182 g/mol. The molecule has 0 saturated heterocycles. The van der Waals surface area contributed by atoms with Crippen LogP contribution in [0.25, 0.3) is 0 Å². The third kappa shape index (κ3) is 1.40. The monoisotopic (exact) mass is 182 g/mol. The highest BCUT2D eigenvalue weighted by atomic mass is 16.6. The van der Waals surface area contributed by atoms with Gasteiger partial charge in [0.15, 0.2) is 0 Å². The Morgan fingerprint density at radius 1 is 1.54 bits per heavy atom. The quantitative estimate of drug-likeness (QED) is 0.298. The Labute approximate surface area is 74.9 Å². The van der Waals surface area contributed by atoms with Crippen molar-refractivity contribution in [3.05, 3.63) is 27.3 Å². The van der Waals surface area contributed by atoms with E-state index in [1.165, 1.54) is 13.0 Å². The van der Waals surface area contributed by atoms with Gasteiger partial charge in [0.25, 0.3) is 5.69 Å². The summed E-state index contributed by atoms with van der Waals surface area (Å²) >= 11 is 0. The molecule has 1 rings (SSSR count). The van der Waals surface area contributed by atoms with Crippen molar-refractivity contribution in [3.63, 3.8) is 0 Å². The lowest BCUT2D eigenvalue weighted by Gasteiger charge is -2.05. The van der Waals surface area contributed by atoms with Gasteiger partial charge in [0.05, 0.1) is 10.5 Å². The SMILES string of the molecule is Cc1cc(N)c([N+](=O)[O-])c(C)c1O. The Kier molecular flexibility index (Phi) is 2.10. The second-order valence-corrected chi connectivity index (χ2v) is 2.86. The van der Waals surface area contributed by atoms with Crippen LogP contribution >= 0.6 is 0 Å². The largest absolute Gasteiger partial charge is 0.507 e. The number of aromatic hydroxyl groups is 1. The van der Waals surface area contributed by atoms with Gasteiger partial charge in [0.1, 0.15) is 11.4 Å². The van der Waals surface area contributed by atoms with Crippen LogP contribution in [0.4, 0.5) is 11.4 Å². The number of anilines is 1. The summed E-state index contributed by atoms with van der Waals surface area (Å²) < 4.78 is 0. The van der Waals surface area contributed by atoms with Gasteiger partial charge in [-0.05, 0) is 25.5 Å². The third-order valence-corrected chi connectivity index (χ3v) is 1.91. The Morgan fingerprint density at radius 3 is 2.54 bits per heavy atom. The number of nitrogen functional groups attached to an aromatic ring is 1. The number of nitrogens with two attached hydrogens (primary N) is 1. The molecule has 0 unspecified atom stereocenters. The lowest BCUT2D eigenvalue weighted by atomic mass is 10.1. The molecule has 0 aliphatic rings. The second kappa shape index (κ2) is 2.93. The molecule has 1 aromatic carbocycles. The van der Waals surface area contributed by atoms with E-state index in [-0.39, 0.29) is 22.7 Å². The minimum atomic E-state index is -0.593. The first-order chi connectivity index (χ1) is 5.95. The molecule has 5 heteroatoms. The van der Waals surface area contributed by atoms with E-state index in [4.69, 9.17) is 5.73 Å². The molecule has 1 aromatic rings. The zero-order valence-electron chi connectivity index (χ0n) is 7.37. The zero-order chi connectivity index (χ0) is 10.2. The summed E-state index contributed by atoms with van der Waals surface area (Å²) in [5.41, 5.74) is 6.05. The van der Waals surface area contributed by atoms with Gasteiger partial charge in [-0.25, -0.2) is 0 Å². The summed E-state index contributed by atoms with van der Waals surface area (Å²) in [4.78, 5) is 9.93. The maximum absolute atomic E-state index is 10.5. The van der Waals surface area contributed by atoms with Crippen LogP contribution in [0.2, 0.25) is 0 Å².